The molecule has 0 spiro atoms. The number of nitrogens with two attached hydrogens (primary N) is 1. The maximum Gasteiger partial charge on any atom is 0.278 e. The van der Waals surface area contributed by atoms with Gasteiger partial charge in [0.2, 0.25) is 5.95 Å². The fourth-order valence-corrected chi connectivity index (χ4v) is 1.48. The molecule has 0 radical (unpaired) electrons. The Kier molecular flexibility index (Phi) is 1.87. The Hall–Kier alpha value is -2.77. The van der Waals surface area contributed by atoms with Gasteiger partial charge in [0, 0.05) is 12.4 Å². The minimum absolute atomic E-state index is 0.0323. The zero-order valence-corrected chi connectivity index (χ0v) is 8.51. The van der Waals surface area contributed by atoms with Crippen molar-refractivity contribution in [1.82, 2.24) is 29.9 Å². The van der Waals surface area contributed by atoms with Gasteiger partial charge in [0.1, 0.15) is 12.2 Å². The van der Waals surface area contributed by atoms with E-state index in [0.717, 1.165) is 0 Å². The second-order valence-electron chi connectivity index (χ2n) is 3.36. The summed E-state index contributed by atoms with van der Waals surface area (Å²) >= 11 is 0. The fourth-order valence-electron chi connectivity index (χ4n) is 1.48. The molecule has 0 unspecified atom stereocenters. The number of nitrogen functional groups attached to an aromatic ring is 1. The number of anilines is 1. The summed E-state index contributed by atoms with van der Waals surface area (Å²) in [5, 5.41) is 0. The van der Waals surface area contributed by atoms with Crippen LogP contribution in [0, 0.1) is 0 Å². The van der Waals surface area contributed by atoms with Crippen LogP contribution in [0.3, 0.4) is 0 Å². The molecule has 0 aliphatic heterocycles. The predicted octanol–water partition coefficient (Wildman–Crippen LogP) is -0.315. The predicted molar refractivity (Wildman–Crippen MR) is 59.9 cm³/mol. The first-order valence-electron chi connectivity index (χ1n) is 4.75. The van der Waals surface area contributed by atoms with Gasteiger partial charge in [-0.1, -0.05) is 0 Å². The van der Waals surface area contributed by atoms with Gasteiger partial charge < -0.3 is 10.7 Å². The van der Waals surface area contributed by atoms with E-state index in [1.54, 1.807) is 12.4 Å². The van der Waals surface area contributed by atoms with Crippen molar-refractivity contribution in [2.75, 3.05) is 5.73 Å². The van der Waals surface area contributed by atoms with Crippen molar-refractivity contribution in [3.05, 3.63) is 29.1 Å². The lowest BCUT2D eigenvalue weighted by Crippen LogP contribution is -2.10. The lowest BCUT2D eigenvalue weighted by atomic mass is 10.3. The van der Waals surface area contributed by atoms with Gasteiger partial charge in [0.25, 0.3) is 5.56 Å². The molecule has 3 heterocycles. The van der Waals surface area contributed by atoms with E-state index < -0.39 is 0 Å². The van der Waals surface area contributed by atoms with Gasteiger partial charge in [0.15, 0.2) is 11.2 Å². The molecule has 0 saturated carbocycles. The van der Waals surface area contributed by atoms with E-state index in [-0.39, 0.29) is 22.7 Å². The number of fused-ring (bicyclic) bond motifs is 1. The monoisotopic (exact) mass is 229 g/mol. The molecule has 8 nitrogen and oxygen atoms in total. The SMILES string of the molecule is Nc1nc2nc(-c3cncnc3)[nH]c2c(=O)[nH]1. The summed E-state index contributed by atoms with van der Waals surface area (Å²) in [6, 6.07) is 0. The van der Waals surface area contributed by atoms with E-state index in [9.17, 15) is 4.79 Å². The molecule has 0 amide bonds. The summed E-state index contributed by atoms with van der Waals surface area (Å²) in [5.74, 6) is 0.508. The van der Waals surface area contributed by atoms with Crippen molar-refractivity contribution in [3.8, 4) is 11.4 Å². The van der Waals surface area contributed by atoms with E-state index in [0.29, 0.717) is 11.4 Å². The Balaban J connectivity index is 2.28. The number of rotatable bonds is 1. The Bertz CT molecular complexity index is 730. The van der Waals surface area contributed by atoms with Crippen LogP contribution in [-0.4, -0.2) is 29.9 Å². The normalized spacial score (nSPS) is 10.8. The molecule has 0 aromatic carbocycles. The first kappa shape index (κ1) is 9.46. The van der Waals surface area contributed by atoms with E-state index in [4.69, 9.17) is 5.73 Å². The molecule has 3 aromatic heterocycles. The first-order chi connectivity index (χ1) is 8.24. The van der Waals surface area contributed by atoms with Crippen molar-refractivity contribution in [2.45, 2.75) is 0 Å². The standard InChI is InChI=1S/C9H7N7O/c10-9-15-7-5(8(17)16-9)13-6(14-7)4-1-11-3-12-2-4/h1-3H,(H4,10,13,14,15,16,17). The molecule has 0 bridgehead atoms. The van der Waals surface area contributed by atoms with Gasteiger partial charge in [0.05, 0.1) is 5.56 Å². The Labute approximate surface area is 94.0 Å². The number of H-pyrrole nitrogens is 2. The Morgan fingerprint density at radius 2 is 1.88 bits per heavy atom. The average molecular weight is 229 g/mol. The highest BCUT2D eigenvalue weighted by atomic mass is 16.1. The van der Waals surface area contributed by atoms with E-state index in [1.165, 1.54) is 6.33 Å². The summed E-state index contributed by atoms with van der Waals surface area (Å²) in [7, 11) is 0. The Morgan fingerprint density at radius 1 is 1.12 bits per heavy atom. The van der Waals surface area contributed by atoms with Crippen LogP contribution in [-0.2, 0) is 0 Å². The van der Waals surface area contributed by atoms with Gasteiger partial charge in [-0.3, -0.25) is 9.78 Å². The maximum atomic E-state index is 11.6. The zero-order valence-electron chi connectivity index (χ0n) is 8.51. The van der Waals surface area contributed by atoms with Crippen LogP contribution in [0.5, 0.6) is 0 Å². The molecular formula is C9H7N7O. The molecule has 0 aliphatic rings. The average Bonchev–Trinajstić information content (AvgIpc) is 2.74. The van der Waals surface area contributed by atoms with Crippen molar-refractivity contribution >= 4 is 17.1 Å². The summed E-state index contributed by atoms with van der Waals surface area (Å²) in [6.45, 7) is 0. The molecule has 0 aliphatic carbocycles. The molecule has 8 heteroatoms. The van der Waals surface area contributed by atoms with Crippen molar-refractivity contribution in [1.29, 1.82) is 0 Å². The van der Waals surface area contributed by atoms with E-state index in [2.05, 4.69) is 29.9 Å². The minimum Gasteiger partial charge on any atom is -0.369 e. The second kappa shape index (κ2) is 3.37. The molecular weight excluding hydrogens is 222 g/mol. The lowest BCUT2D eigenvalue weighted by molar-refractivity contribution is 1.15. The fraction of sp³-hybridized carbons (Fsp3) is 0. The summed E-state index contributed by atoms with van der Waals surface area (Å²) in [6.07, 6.45) is 4.58. The highest BCUT2D eigenvalue weighted by Crippen LogP contribution is 2.15. The van der Waals surface area contributed by atoms with Crippen LogP contribution in [0.25, 0.3) is 22.6 Å². The summed E-state index contributed by atoms with van der Waals surface area (Å²) in [4.78, 5) is 32.6. The smallest absolute Gasteiger partial charge is 0.278 e. The number of nitrogens with zero attached hydrogens (tertiary/aromatic N) is 4. The second-order valence-corrected chi connectivity index (χ2v) is 3.36. The number of imidazole rings is 1. The van der Waals surface area contributed by atoms with Gasteiger partial charge in [-0.25, -0.2) is 15.0 Å². The number of aromatic amines is 2. The topological polar surface area (TPSA) is 126 Å². The summed E-state index contributed by atoms with van der Waals surface area (Å²) in [5.41, 5.74) is 6.28. The highest BCUT2D eigenvalue weighted by molar-refractivity contribution is 5.75. The van der Waals surface area contributed by atoms with Gasteiger partial charge in [-0.05, 0) is 0 Å². The number of nitrogens with one attached hydrogen (secondary N) is 2. The van der Waals surface area contributed by atoms with Crippen molar-refractivity contribution in [2.24, 2.45) is 0 Å². The molecule has 84 valence electrons. The van der Waals surface area contributed by atoms with Crippen LogP contribution in [0.2, 0.25) is 0 Å². The lowest BCUT2D eigenvalue weighted by Gasteiger charge is -1.91. The molecule has 0 fully saturated rings. The van der Waals surface area contributed by atoms with Crippen molar-refractivity contribution in [3.63, 3.8) is 0 Å². The number of aromatic nitrogens is 6. The van der Waals surface area contributed by atoms with E-state index in [1.807, 2.05) is 0 Å². The third kappa shape index (κ3) is 1.51. The maximum absolute atomic E-state index is 11.6. The molecule has 3 rings (SSSR count). The van der Waals surface area contributed by atoms with E-state index >= 15 is 0 Å². The quantitative estimate of drug-likeness (QED) is 0.525. The first-order valence-corrected chi connectivity index (χ1v) is 4.75. The van der Waals surface area contributed by atoms with Crippen LogP contribution in [0.15, 0.2) is 23.5 Å². The zero-order chi connectivity index (χ0) is 11.8. The minimum atomic E-state index is -0.358. The van der Waals surface area contributed by atoms with Crippen LogP contribution in [0.4, 0.5) is 5.95 Å². The third-order valence-corrected chi connectivity index (χ3v) is 2.21. The third-order valence-electron chi connectivity index (χ3n) is 2.21. The molecule has 0 saturated heterocycles. The largest absolute Gasteiger partial charge is 0.369 e. The number of hydrogen-bond donors (Lipinski definition) is 3. The highest BCUT2D eigenvalue weighted by Gasteiger charge is 2.10. The van der Waals surface area contributed by atoms with Crippen molar-refractivity contribution < 1.29 is 0 Å². The Morgan fingerprint density at radius 3 is 2.65 bits per heavy atom. The van der Waals surface area contributed by atoms with Gasteiger partial charge >= 0.3 is 0 Å². The molecule has 3 aromatic rings. The van der Waals surface area contributed by atoms with Gasteiger partial charge in [-0.2, -0.15) is 4.98 Å². The molecule has 0 atom stereocenters. The van der Waals surface area contributed by atoms with Crippen LogP contribution < -0.4 is 11.3 Å². The molecule has 4 N–H and O–H groups in total. The van der Waals surface area contributed by atoms with Gasteiger partial charge in [-0.15, -0.1) is 0 Å². The summed E-state index contributed by atoms with van der Waals surface area (Å²) < 4.78 is 0. The molecule has 17 heavy (non-hydrogen) atoms. The van der Waals surface area contributed by atoms with Crippen LogP contribution >= 0.6 is 0 Å². The van der Waals surface area contributed by atoms with Crippen LogP contribution in [0.1, 0.15) is 0 Å². The number of hydrogen-bond acceptors (Lipinski definition) is 6.